The summed E-state index contributed by atoms with van der Waals surface area (Å²) in [5, 5.41) is 9.97. The monoisotopic (exact) mass is 240 g/mol. The molecule has 0 heterocycles. The molecule has 0 aliphatic rings. The van der Waals surface area contributed by atoms with Gasteiger partial charge >= 0.3 is 0 Å². The molecule has 0 fully saturated rings. The first-order valence-electron chi connectivity index (χ1n) is 4.82. The number of carboxylic acid groups (broad SMARTS) is 1. The molecule has 0 atom stereocenters. The summed E-state index contributed by atoms with van der Waals surface area (Å²) in [4.78, 5) is 9.97. The minimum atomic E-state index is -1.08. The van der Waals surface area contributed by atoms with Crippen molar-refractivity contribution in [2.45, 2.75) is 34.6 Å². The molecule has 0 bridgehead atoms. The van der Waals surface area contributed by atoms with Crippen LogP contribution in [0.1, 0.15) is 34.6 Å². The smallest absolute Gasteiger partial charge is 0.0711 e. The van der Waals surface area contributed by atoms with E-state index in [2.05, 4.69) is 11.5 Å². The van der Waals surface area contributed by atoms with E-state index in [-0.39, 0.29) is 12.4 Å². The maximum absolute atomic E-state index is 9.97. The van der Waals surface area contributed by atoms with E-state index in [1.807, 2.05) is 13.8 Å². The predicted molar refractivity (Wildman–Crippen MR) is 55.9 cm³/mol. The molecule has 0 aromatic heterocycles. The number of carbonyl (C=O) groups is 1. The van der Waals surface area contributed by atoms with Gasteiger partial charge in [-0.15, -0.1) is 0 Å². The lowest BCUT2D eigenvalue weighted by molar-refractivity contribution is -0.362. The molecular weight excluding hydrogens is 216 g/mol. The molecule has 0 saturated heterocycles. The fraction of sp³-hybridized carbons (Fsp3) is 0.700. The van der Waals surface area contributed by atoms with Crippen molar-refractivity contribution >= 4 is 5.97 Å². The van der Waals surface area contributed by atoms with Gasteiger partial charge in [-0.3, -0.25) is 0 Å². The van der Waals surface area contributed by atoms with Crippen LogP contribution in [-0.2, 0) is 4.79 Å². The Labute approximate surface area is 99.1 Å². The van der Waals surface area contributed by atoms with Crippen molar-refractivity contribution in [3.05, 3.63) is 11.1 Å². The average Bonchev–Trinajstić information content (AvgIpc) is 2.05. The van der Waals surface area contributed by atoms with Crippen LogP contribution >= 0.6 is 0 Å². The van der Waals surface area contributed by atoms with E-state index in [1.165, 1.54) is 6.92 Å². The summed E-state index contributed by atoms with van der Waals surface area (Å²) in [5.41, 5.74) is 8.09. The van der Waals surface area contributed by atoms with Crippen LogP contribution in [0.25, 0.3) is 0 Å². The molecule has 0 aliphatic heterocycles. The molecule has 0 aromatic rings. The summed E-state index contributed by atoms with van der Waals surface area (Å²) in [7, 11) is 0. The van der Waals surface area contributed by atoms with Crippen molar-refractivity contribution in [1.29, 1.82) is 0 Å². The Morgan fingerprint density at radius 1 is 1.07 bits per heavy atom. The number of quaternary nitrogens is 2. The highest BCUT2D eigenvalue weighted by Crippen LogP contribution is 1.98. The molecule has 4 nitrogen and oxygen atoms in total. The van der Waals surface area contributed by atoms with Crippen LogP contribution in [0.5, 0.6) is 0 Å². The zero-order valence-electron chi connectivity index (χ0n) is 10.5. The second-order valence-electron chi connectivity index (χ2n) is 2.91. The van der Waals surface area contributed by atoms with Crippen molar-refractivity contribution in [3.8, 4) is 0 Å². The number of carbonyl (C=O) groups excluding carboxylic acids is 1. The first kappa shape index (κ1) is 23.9. The van der Waals surface area contributed by atoms with E-state index in [0.29, 0.717) is 5.57 Å². The fourth-order valence-electron chi connectivity index (χ4n) is 0.204. The molecule has 5 heteroatoms. The minimum Gasteiger partial charge on any atom is -1.00 e. The lowest BCUT2D eigenvalue weighted by Crippen LogP contribution is -3.00. The van der Waals surface area contributed by atoms with E-state index in [1.54, 1.807) is 13.8 Å². The van der Waals surface area contributed by atoms with E-state index < -0.39 is 5.97 Å². The largest absolute Gasteiger partial charge is 1.00 e. The Morgan fingerprint density at radius 2 is 1.27 bits per heavy atom. The topological polar surface area (TPSA) is 95.4 Å². The standard InChI is InChI=1S/C6H10O2.2C2H7N.ClH/c1-4(2)5(3)6(7)8;2*1-2-3;/h1-3H3,(H,7,8);2*2-3H2,1H3;1H. The van der Waals surface area contributed by atoms with E-state index >= 15 is 0 Å². The number of carboxylic acids is 1. The Kier molecular flexibility index (Phi) is 30.4. The molecule has 0 aliphatic carbocycles. The van der Waals surface area contributed by atoms with Gasteiger partial charge in [-0.2, -0.15) is 0 Å². The normalized spacial score (nSPS) is 6.87. The molecule has 0 radical (unpaired) electrons. The lowest BCUT2D eigenvalue weighted by atomic mass is 10.2. The molecule has 0 saturated carbocycles. The third kappa shape index (κ3) is 31.8. The van der Waals surface area contributed by atoms with E-state index in [4.69, 9.17) is 0 Å². The Bertz CT molecular complexity index is 165. The third-order valence-corrected chi connectivity index (χ3v) is 1.06. The predicted octanol–water partition coefficient (Wildman–Crippen LogP) is -4.41. The van der Waals surface area contributed by atoms with Gasteiger partial charge in [0.05, 0.1) is 19.1 Å². The summed E-state index contributed by atoms with van der Waals surface area (Å²) >= 11 is 0. The summed E-state index contributed by atoms with van der Waals surface area (Å²) in [6.45, 7) is 11.0. The third-order valence-electron chi connectivity index (χ3n) is 1.06. The zero-order chi connectivity index (χ0) is 12.1. The van der Waals surface area contributed by atoms with Crippen LogP contribution in [0.2, 0.25) is 0 Å². The van der Waals surface area contributed by atoms with Crippen molar-refractivity contribution in [3.63, 3.8) is 0 Å². The first-order valence-corrected chi connectivity index (χ1v) is 4.82. The molecule has 0 aromatic carbocycles. The lowest BCUT2D eigenvalue weighted by Gasteiger charge is -2.01. The van der Waals surface area contributed by atoms with Crippen molar-refractivity contribution < 1.29 is 33.8 Å². The maximum Gasteiger partial charge on any atom is 0.0711 e. The quantitative estimate of drug-likeness (QED) is 0.453. The Hall–Kier alpha value is -0.580. The first-order chi connectivity index (χ1) is 6.38. The van der Waals surface area contributed by atoms with Crippen LogP contribution in [0.15, 0.2) is 11.1 Å². The molecule has 0 unspecified atom stereocenters. The number of halogens is 1. The fourth-order valence-corrected chi connectivity index (χ4v) is 0.204. The molecule has 0 amide bonds. The van der Waals surface area contributed by atoms with Crippen LogP contribution < -0.4 is 29.0 Å². The molecular formula is C10H25ClN2O2. The average molecular weight is 241 g/mol. The summed E-state index contributed by atoms with van der Waals surface area (Å²) < 4.78 is 0. The van der Waals surface area contributed by atoms with Crippen molar-refractivity contribution in [2.24, 2.45) is 0 Å². The number of aliphatic carboxylic acids is 1. The van der Waals surface area contributed by atoms with Gasteiger partial charge in [0.2, 0.25) is 0 Å². The summed E-state index contributed by atoms with van der Waals surface area (Å²) in [6, 6.07) is 0. The van der Waals surface area contributed by atoms with E-state index in [9.17, 15) is 9.90 Å². The van der Waals surface area contributed by atoms with Gasteiger partial charge < -0.3 is 33.8 Å². The molecule has 94 valence electrons. The number of rotatable bonds is 1. The summed E-state index contributed by atoms with van der Waals surface area (Å²) in [6.07, 6.45) is 0. The molecule has 15 heavy (non-hydrogen) atoms. The highest BCUT2D eigenvalue weighted by atomic mass is 35.5. The van der Waals surface area contributed by atoms with Gasteiger partial charge in [-0.05, 0) is 40.2 Å². The van der Waals surface area contributed by atoms with Gasteiger partial charge in [0.1, 0.15) is 0 Å². The zero-order valence-corrected chi connectivity index (χ0v) is 11.3. The SMILES string of the molecule is CC(C)=C(C)C(=O)[O-].CC[NH3+].CC[NH3+].[Cl-]. The Morgan fingerprint density at radius 3 is 1.27 bits per heavy atom. The van der Waals surface area contributed by atoms with Crippen molar-refractivity contribution in [1.82, 2.24) is 0 Å². The van der Waals surface area contributed by atoms with Crippen LogP contribution in [-0.4, -0.2) is 19.1 Å². The van der Waals surface area contributed by atoms with E-state index in [0.717, 1.165) is 18.7 Å². The van der Waals surface area contributed by atoms with Gasteiger partial charge in [0, 0.05) is 0 Å². The van der Waals surface area contributed by atoms with Gasteiger partial charge in [0.25, 0.3) is 0 Å². The second kappa shape index (κ2) is 19.1. The second-order valence-corrected chi connectivity index (χ2v) is 2.91. The Balaban J connectivity index is -0.0000000733. The highest BCUT2D eigenvalue weighted by Gasteiger charge is 1.88. The van der Waals surface area contributed by atoms with Crippen LogP contribution in [0.3, 0.4) is 0 Å². The number of hydrogen-bond donors (Lipinski definition) is 2. The molecule has 6 N–H and O–H groups in total. The van der Waals surface area contributed by atoms with Crippen LogP contribution in [0.4, 0.5) is 0 Å². The number of allylic oxidation sites excluding steroid dienone is 1. The van der Waals surface area contributed by atoms with Gasteiger partial charge in [-0.25, -0.2) is 0 Å². The summed E-state index contributed by atoms with van der Waals surface area (Å²) in [5.74, 6) is -1.08. The highest BCUT2D eigenvalue weighted by molar-refractivity contribution is 5.84. The van der Waals surface area contributed by atoms with Crippen LogP contribution in [0, 0.1) is 0 Å². The van der Waals surface area contributed by atoms with Gasteiger partial charge in [0.15, 0.2) is 0 Å². The number of hydrogen-bond acceptors (Lipinski definition) is 2. The minimum absolute atomic E-state index is 0. The molecule has 0 spiro atoms. The molecule has 0 rings (SSSR count). The maximum atomic E-state index is 9.97. The van der Waals surface area contributed by atoms with Gasteiger partial charge in [-0.1, -0.05) is 5.57 Å². The van der Waals surface area contributed by atoms with Crippen molar-refractivity contribution in [2.75, 3.05) is 13.1 Å².